The van der Waals surface area contributed by atoms with E-state index in [1.54, 1.807) is 0 Å². The maximum Gasteiger partial charge on any atom is 0.128 e. The Hall–Kier alpha value is -1.05. The predicted octanol–water partition coefficient (Wildman–Crippen LogP) is 3.05. The van der Waals surface area contributed by atoms with Crippen LogP contribution in [0.2, 0.25) is 0 Å². The van der Waals surface area contributed by atoms with Crippen LogP contribution in [-0.4, -0.2) is 18.1 Å². The topological polar surface area (TPSA) is 16.1 Å². The zero-order valence-corrected chi connectivity index (χ0v) is 9.90. The van der Waals surface area contributed by atoms with E-state index in [4.69, 9.17) is 0 Å². The molecule has 1 aromatic heterocycles. The van der Waals surface area contributed by atoms with Crippen LogP contribution in [0.1, 0.15) is 38.7 Å². The third-order valence-electron chi connectivity index (χ3n) is 3.19. The van der Waals surface area contributed by atoms with Gasteiger partial charge in [-0.15, -0.1) is 0 Å². The molecule has 0 amide bonds. The summed E-state index contributed by atoms with van der Waals surface area (Å²) in [4.78, 5) is 6.93. The number of hydrogen-bond acceptors (Lipinski definition) is 2. The minimum atomic E-state index is 0.573. The van der Waals surface area contributed by atoms with Crippen LogP contribution in [0.25, 0.3) is 0 Å². The van der Waals surface area contributed by atoms with Crippen molar-refractivity contribution in [2.24, 2.45) is 5.92 Å². The fourth-order valence-electron chi connectivity index (χ4n) is 2.07. The maximum atomic E-state index is 4.54. The summed E-state index contributed by atoms with van der Waals surface area (Å²) in [5.41, 5.74) is 1.32. The summed E-state index contributed by atoms with van der Waals surface area (Å²) in [6, 6.07) is 4.36. The van der Waals surface area contributed by atoms with Crippen molar-refractivity contribution in [2.75, 3.05) is 18.0 Å². The van der Waals surface area contributed by atoms with Gasteiger partial charge in [-0.25, -0.2) is 4.98 Å². The van der Waals surface area contributed by atoms with Gasteiger partial charge in [-0.2, -0.15) is 0 Å². The highest BCUT2D eigenvalue weighted by molar-refractivity contribution is 5.40. The number of nitrogens with zero attached hydrogens (tertiary/aromatic N) is 2. The van der Waals surface area contributed by atoms with Gasteiger partial charge in [-0.3, -0.25) is 0 Å². The number of anilines is 1. The molecule has 1 aliphatic heterocycles. The zero-order chi connectivity index (χ0) is 10.8. The van der Waals surface area contributed by atoms with Crippen LogP contribution >= 0.6 is 0 Å². The Labute approximate surface area is 92.3 Å². The lowest BCUT2D eigenvalue weighted by Crippen LogP contribution is -2.20. The van der Waals surface area contributed by atoms with Crippen LogP contribution in [0.15, 0.2) is 18.3 Å². The van der Waals surface area contributed by atoms with E-state index in [0.717, 1.165) is 24.8 Å². The molecular weight excluding hydrogens is 184 g/mol. The number of hydrogen-bond donors (Lipinski definition) is 0. The smallest absolute Gasteiger partial charge is 0.128 e. The van der Waals surface area contributed by atoms with Crippen molar-refractivity contribution in [1.82, 2.24) is 4.98 Å². The minimum Gasteiger partial charge on any atom is -0.356 e. The highest BCUT2D eigenvalue weighted by Crippen LogP contribution is 2.22. The summed E-state index contributed by atoms with van der Waals surface area (Å²) < 4.78 is 0. The largest absolute Gasteiger partial charge is 0.356 e. The maximum absolute atomic E-state index is 4.54. The lowest BCUT2D eigenvalue weighted by atomic mass is 10.1. The first-order valence-electron chi connectivity index (χ1n) is 5.87. The van der Waals surface area contributed by atoms with Gasteiger partial charge in [-0.1, -0.05) is 26.8 Å². The third kappa shape index (κ3) is 2.31. The molecule has 0 saturated carbocycles. The molecule has 2 heteroatoms. The summed E-state index contributed by atoms with van der Waals surface area (Å²) in [5.74, 6) is 2.53. The molecular formula is C13H20N2. The van der Waals surface area contributed by atoms with Crippen LogP contribution in [0, 0.1) is 5.92 Å². The number of pyridine rings is 1. The van der Waals surface area contributed by atoms with Gasteiger partial charge in [0.05, 0.1) is 0 Å². The highest BCUT2D eigenvalue weighted by atomic mass is 15.2. The van der Waals surface area contributed by atoms with Crippen molar-refractivity contribution in [3.05, 3.63) is 23.9 Å². The van der Waals surface area contributed by atoms with Gasteiger partial charge in [0.15, 0.2) is 0 Å². The Morgan fingerprint density at radius 2 is 2.20 bits per heavy atom. The SMILES string of the molecule is CC1CCN(c2ccc(C(C)C)cn2)C1. The molecule has 2 rings (SSSR count). The number of rotatable bonds is 2. The Bertz CT molecular complexity index is 316. The summed E-state index contributed by atoms with van der Waals surface area (Å²) in [5, 5.41) is 0. The molecule has 0 aromatic carbocycles. The normalized spacial score (nSPS) is 21.3. The summed E-state index contributed by atoms with van der Waals surface area (Å²) in [7, 11) is 0. The molecule has 0 spiro atoms. The van der Waals surface area contributed by atoms with Crippen LogP contribution in [0.3, 0.4) is 0 Å². The van der Waals surface area contributed by atoms with Crippen LogP contribution < -0.4 is 4.90 Å². The molecule has 15 heavy (non-hydrogen) atoms. The van der Waals surface area contributed by atoms with Gasteiger partial charge in [-0.05, 0) is 29.9 Å². The van der Waals surface area contributed by atoms with Crippen LogP contribution in [0.5, 0.6) is 0 Å². The molecule has 1 fully saturated rings. The fraction of sp³-hybridized carbons (Fsp3) is 0.615. The first-order chi connectivity index (χ1) is 7.16. The molecule has 0 N–H and O–H groups in total. The Kier molecular flexibility index (Phi) is 2.94. The van der Waals surface area contributed by atoms with E-state index in [1.807, 2.05) is 6.20 Å². The molecule has 1 atom stereocenters. The van der Waals surface area contributed by atoms with Gasteiger partial charge in [0.1, 0.15) is 5.82 Å². The zero-order valence-electron chi connectivity index (χ0n) is 9.90. The third-order valence-corrected chi connectivity index (χ3v) is 3.19. The Morgan fingerprint density at radius 1 is 1.40 bits per heavy atom. The first kappa shape index (κ1) is 10.5. The molecule has 1 aliphatic rings. The van der Waals surface area contributed by atoms with E-state index in [0.29, 0.717) is 5.92 Å². The molecule has 0 bridgehead atoms. The van der Waals surface area contributed by atoms with Gasteiger partial charge < -0.3 is 4.90 Å². The molecule has 0 radical (unpaired) electrons. The average molecular weight is 204 g/mol. The second-order valence-corrected chi connectivity index (χ2v) is 4.94. The molecule has 82 valence electrons. The number of aromatic nitrogens is 1. The van der Waals surface area contributed by atoms with Gasteiger partial charge >= 0.3 is 0 Å². The van der Waals surface area contributed by atoms with Crippen LogP contribution in [-0.2, 0) is 0 Å². The lowest BCUT2D eigenvalue weighted by molar-refractivity contribution is 0.659. The van der Waals surface area contributed by atoms with Crippen molar-refractivity contribution in [3.63, 3.8) is 0 Å². The van der Waals surface area contributed by atoms with Crippen molar-refractivity contribution >= 4 is 5.82 Å². The monoisotopic (exact) mass is 204 g/mol. The first-order valence-corrected chi connectivity index (χ1v) is 5.87. The average Bonchev–Trinajstić information content (AvgIpc) is 2.65. The van der Waals surface area contributed by atoms with Gasteiger partial charge in [0.2, 0.25) is 0 Å². The Morgan fingerprint density at radius 3 is 2.67 bits per heavy atom. The lowest BCUT2D eigenvalue weighted by Gasteiger charge is -2.17. The summed E-state index contributed by atoms with van der Waals surface area (Å²) in [6.07, 6.45) is 3.32. The van der Waals surface area contributed by atoms with E-state index in [-0.39, 0.29) is 0 Å². The summed E-state index contributed by atoms with van der Waals surface area (Å²) >= 11 is 0. The second-order valence-electron chi connectivity index (χ2n) is 4.94. The van der Waals surface area contributed by atoms with E-state index in [9.17, 15) is 0 Å². The molecule has 2 nitrogen and oxygen atoms in total. The molecule has 2 heterocycles. The minimum absolute atomic E-state index is 0.573. The predicted molar refractivity (Wildman–Crippen MR) is 64.3 cm³/mol. The highest BCUT2D eigenvalue weighted by Gasteiger charge is 2.19. The van der Waals surface area contributed by atoms with E-state index in [1.165, 1.54) is 12.0 Å². The summed E-state index contributed by atoms with van der Waals surface area (Å²) in [6.45, 7) is 9.04. The fourth-order valence-corrected chi connectivity index (χ4v) is 2.07. The Balaban J connectivity index is 2.10. The quantitative estimate of drug-likeness (QED) is 0.736. The molecule has 0 aliphatic carbocycles. The van der Waals surface area contributed by atoms with Gasteiger partial charge in [0.25, 0.3) is 0 Å². The molecule has 1 aromatic rings. The molecule has 1 saturated heterocycles. The van der Waals surface area contributed by atoms with Crippen molar-refractivity contribution in [3.8, 4) is 0 Å². The van der Waals surface area contributed by atoms with E-state index in [2.05, 4.69) is 42.8 Å². The van der Waals surface area contributed by atoms with Crippen molar-refractivity contribution < 1.29 is 0 Å². The molecule has 1 unspecified atom stereocenters. The van der Waals surface area contributed by atoms with Gasteiger partial charge in [0, 0.05) is 19.3 Å². The van der Waals surface area contributed by atoms with E-state index >= 15 is 0 Å². The van der Waals surface area contributed by atoms with Crippen molar-refractivity contribution in [2.45, 2.75) is 33.1 Å². The van der Waals surface area contributed by atoms with E-state index < -0.39 is 0 Å². The standard InChI is InChI=1S/C13H20N2/c1-10(2)12-4-5-13(14-8-12)15-7-6-11(3)9-15/h4-5,8,10-11H,6-7,9H2,1-3H3. The van der Waals surface area contributed by atoms with Crippen molar-refractivity contribution in [1.29, 1.82) is 0 Å². The van der Waals surface area contributed by atoms with Crippen LogP contribution in [0.4, 0.5) is 5.82 Å². The second kappa shape index (κ2) is 4.21.